The maximum atomic E-state index is 6.12. The molecule has 1 aliphatic heterocycles. The molecule has 0 aromatic heterocycles. The molecular formula is C22H24ClN. The zero-order chi connectivity index (χ0) is 16.7. The average molecular weight is 338 g/mol. The van der Waals surface area contributed by atoms with Crippen molar-refractivity contribution in [1.29, 1.82) is 0 Å². The molecule has 0 amide bonds. The molecule has 1 atom stereocenters. The highest BCUT2D eigenvalue weighted by atomic mass is 35.5. The van der Waals surface area contributed by atoms with Crippen LogP contribution < -0.4 is 0 Å². The second kappa shape index (κ2) is 6.38. The van der Waals surface area contributed by atoms with Gasteiger partial charge in [0.1, 0.15) is 0 Å². The van der Waals surface area contributed by atoms with E-state index in [9.17, 15) is 0 Å². The molecule has 24 heavy (non-hydrogen) atoms. The van der Waals surface area contributed by atoms with Crippen LogP contribution in [0.5, 0.6) is 0 Å². The van der Waals surface area contributed by atoms with Gasteiger partial charge >= 0.3 is 0 Å². The van der Waals surface area contributed by atoms with Gasteiger partial charge in [-0.3, -0.25) is 0 Å². The molecule has 1 unspecified atom stereocenters. The summed E-state index contributed by atoms with van der Waals surface area (Å²) in [5.41, 5.74) is 7.32. The molecule has 0 radical (unpaired) electrons. The highest BCUT2D eigenvalue weighted by molar-refractivity contribution is 6.30. The number of piperidine rings is 1. The van der Waals surface area contributed by atoms with Crippen LogP contribution in [-0.2, 0) is 6.42 Å². The van der Waals surface area contributed by atoms with E-state index in [1.54, 1.807) is 5.57 Å². The first-order valence-corrected chi connectivity index (χ1v) is 9.32. The van der Waals surface area contributed by atoms with Gasteiger partial charge in [0.25, 0.3) is 0 Å². The molecule has 0 N–H and O–H groups in total. The quantitative estimate of drug-likeness (QED) is 0.706. The van der Waals surface area contributed by atoms with E-state index in [1.807, 2.05) is 12.1 Å². The van der Waals surface area contributed by atoms with Crippen LogP contribution in [0.15, 0.2) is 54.1 Å². The van der Waals surface area contributed by atoms with Crippen LogP contribution in [-0.4, -0.2) is 24.0 Å². The summed E-state index contributed by atoms with van der Waals surface area (Å²) >= 11 is 6.12. The van der Waals surface area contributed by atoms with Crippen molar-refractivity contribution in [1.82, 2.24) is 4.90 Å². The Bertz CT molecular complexity index is 773. The van der Waals surface area contributed by atoms with Gasteiger partial charge in [-0.25, -0.2) is 0 Å². The number of likely N-dealkylation sites (tertiary alicyclic amines) is 1. The van der Waals surface area contributed by atoms with Gasteiger partial charge in [0.15, 0.2) is 0 Å². The molecule has 0 bridgehead atoms. The van der Waals surface area contributed by atoms with E-state index in [0.29, 0.717) is 12.0 Å². The fraction of sp³-hybridized carbons (Fsp3) is 0.364. The van der Waals surface area contributed by atoms with Crippen LogP contribution in [0.3, 0.4) is 0 Å². The Hall–Kier alpha value is -1.57. The third kappa shape index (κ3) is 2.81. The highest BCUT2D eigenvalue weighted by Crippen LogP contribution is 2.42. The lowest BCUT2D eigenvalue weighted by atomic mass is 9.73. The number of fused-ring (bicyclic) bond motifs is 2. The van der Waals surface area contributed by atoms with E-state index in [4.69, 9.17) is 11.6 Å². The molecule has 1 aliphatic carbocycles. The smallest absolute Gasteiger partial charge is 0.0406 e. The third-order valence-corrected chi connectivity index (χ3v) is 5.81. The lowest BCUT2D eigenvalue weighted by Crippen LogP contribution is -2.42. The zero-order valence-corrected chi connectivity index (χ0v) is 15.2. The minimum Gasteiger partial charge on any atom is -0.300 e. The zero-order valence-electron chi connectivity index (χ0n) is 14.4. The largest absolute Gasteiger partial charge is 0.300 e. The number of nitrogens with zero attached hydrogens (tertiary/aromatic N) is 1. The maximum absolute atomic E-state index is 6.12. The predicted octanol–water partition coefficient (Wildman–Crippen LogP) is 5.43. The summed E-state index contributed by atoms with van der Waals surface area (Å²) in [5, 5.41) is 0.805. The Morgan fingerprint density at radius 1 is 1.04 bits per heavy atom. The molecule has 2 aliphatic rings. The normalized spacial score (nSPS) is 20.9. The summed E-state index contributed by atoms with van der Waals surface area (Å²) in [4.78, 5) is 2.63. The first-order chi connectivity index (χ1) is 11.6. The van der Waals surface area contributed by atoms with Crippen molar-refractivity contribution < 1.29 is 0 Å². The Morgan fingerprint density at radius 3 is 2.54 bits per heavy atom. The molecule has 0 spiro atoms. The summed E-state index contributed by atoms with van der Waals surface area (Å²) in [6.07, 6.45) is 2.35. The van der Waals surface area contributed by atoms with E-state index < -0.39 is 0 Å². The van der Waals surface area contributed by atoms with Crippen molar-refractivity contribution >= 4 is 17.2 Å². The first kappa shape index (κ1) is 15.9. The molecule has 1 heterocycles. The van der Waals surface area contributed by atoms with Crippen molar-refractivity contribution in [2.75, 3.05) is 13.1 Å². The standard InChI is InChI=1S/C22H24ClN/c1-15(2)24-12-11-21-18(14-24)13-17-5-3-4-6-20(17)22(21)16-7-9-19(23)10-8-16/h3-10,15,18H,11-14H2,1-2H3. The van der Waals surface area contributed by atoms with Crippen molar-refractivity contribution in [2.24, 2.45) is 5.92 Å². The van der Waals surface area contributed by atoms with E-state index in [1.165, 1.54) is 48.2 Å². The molecule has 0 saturated carbocycles. The predicted molar refractivity (Wildman–Crippen MR) is 102 cm³/mol. The summed E-state index contributed by atoms with van der Waals surface area (Å²) in [5.74, 6) is 0.640. The Labute approximate surface area is 149 Å². The van der Waals surface area contributed by atoms with Gasteiger partial charge in [-0.05, 0) is 67.0 Å². The molecular weight excluding hydrogens is 314 g/mol. The minimum atomic E-state index is 0.628. The fourth-order valence-corrected chi connectivity index (χ4v) is 4.40. The van der Waals surface area contributed by atoms with E-state index >= 15 is 0 Å². The van der Waals surface area contributed by atoms with Gasteiger partial charge in [-0.1, -0.05) is 53.6 Å². The van der Waals surface area contributed by atoms with E-state index in [-0.39, 0.29) is 0 Å². The van der Waals surface area contributed by atoms with Crippen molar-refractivity contribution in [3.63, 3.8) is 0 Å². The number of halogens is 1. The molecule has 1 fully saturated rings. The third-order valence-electron chi connectivity index (χ3n) is 5.55. The second-order valence-corrected chi connectivity index (χ2v) is 7.74. The van der Waals surface area contributed by atoms with Gasteiger partial charge in [-0.2, -0.15) is 0 Å². The van der Waals surface area contributed by atoms with E-state index in [2.05, 4.69) is 55.1 Å². The Morgan fingerprint density at radius 2 is 1.79 bits per heavy atom. The Kier molecular flexibility index (Phi) is 4.24. The Balaban J connectivity index is 1.83. The monoisotopic (exact) mass is 337 g/mol. The van der Waals surface area contributed by atoms with Crippen LogP contribution in [0, 0.1) is 5.92 Å². The topological polar surface area (TPSA) is 3.24 Å². The summed E-state index contributed by atoms with van der Waals surface area (Å²) in [6.45, 7) is 6.97. The number of hydrogen-bond acceptors (Lipinski definition) is 1. The van der Waals surface area contributed by atoms with Gasteiger partial charge in [-0.15, -0.1) is 0 Å². The summed E-state index contributed by atoms with van der Waals surface area (Å²) in [6, 6.07) is 17.9. The molecule has 1 saturated heterocycles. The second-order valence-electron chi connectivity index (χ2n) is 7.30. The van der Waals surface area contributed by atoms with Crippen LogP contribution >= 0.6 is 11.6 Å². The van der Waals surface area contributed by atoms with Crippen molar-refractivity contribution in [3.8, 4) is 0 Å². The molecule has 4 rings (SSSR count). The van der Waals surface area contributed by atoms with Crippen LogP contribution in [0.2, 0.25) is 5.02 Å². The van der Waals surface area contributed by atoms with E-state index in [0.717, 1.165) is 5.02 Å². The SMILES string of the molecule is CC(C)N1CCC2=C(c3ccc(Cl)cc3)c3ccccc3CC2C1. The van der Waals surface area contributed by atoms with Crippen LogP contribution in [0.25, 0.3) is 5.57 Å². The van der Waals surface area contributed by atoms with Gasteiger partial charge in [0.05, 0.1) is 0 Å². The van der Waals surface area contributed by atoms with Crippen LogP contribution in [0.4, 0.5) is 0 Å². The van der Waals surface area contributed by atoms with Gasteiger partial charge < -0.3 is 4.90 Å². The molecule has 1 nitrogen and oxygen atoms in total. The highest BCUT2D eigenvalue weighted by Gasteiger charge is 2.32. The van der Waals surface area contributed by atoms with Gasteiger partial charge in [0, 0.05) is 24.2 Å². The van der Waals surface area contributed by atoms with Crippen molar-refractivity contribution in [3.05, 3.63) is 75.8 Å². The number of hydrogen-bond donors (Lipinski definition) is 0. The maximum Gasteiger partial charge on any atom is 0.0406 e. The molecule has 2 aromatic carbocycles. The average Bonchev–Trinajstić information content (AvgIpc) is 2.60. The van der Waals surface area contributed by atoms with Crippen LogP contribution in [0.1, 0.15) is 37.0 Å². The summed E-state index contributed by atoms with van der Waals surface area (Å²) in [7, 11) is 0. The molecule has 2 heteroatoms. The number of rotatable bonds is 2. The molecule has 2 aromatic rings. The molecule has 124 valence electrons. The van der Waals surface area contributed by atoms with Crippen molar-refractivity contribution in [2.45, 2.75) is 32.7 Å². The fourth-order valence-electron chi connectivity index (χ4n) is 4.28. The lowest BCUT2D eigenvalue weighted by molar-refractivity contribution is 0.171. The number of benzene rings is 2. The first-order valence-electron chi connectivity index (χ1n) is 8.95. The lowest BCUT2D eigenvalue weighted by Gasteiger charge is -2.41. The minimum absolute atomic E-state index is 0.628. The van der Waals surface area contributed by atoms with Gasteiger partial charge in [0.2, 0.25) is 0 Å². The summed E-state index contributed by atoms with van der Waals surface area (Å²) < 4.78 is 0.